The fraction of sp³-hybridized carbons (Fsp3) is 0.0870. The molecule has 1 heterocycles. The van der Waals surface area contributed by atoms with E-state index in [1.807, 2.05) is 30.3 Å². The maximum Gasteiger partial charge on any atom is 0.344 e. The number of hydrogen-bond acceptors (Lipinski definition) is 7. The molecule has 0 aliphatic carbocycles. The van der Waals surface area contributed by atoms with Gasteiger partial charge in [0.1, 0.15) is 11.0 Å². The average molecular weight is 447 g/mol. The van der Waals surface area contributed by atoms with Crippen molar-refractivity contribution < 1.29 is 24.2 Å². The molecule has 160 valence electrons. The molecule has 1 saturated heterocycles. The van der Waals surface area contributed by atoms with E-state index < -0.39 is 23.1 Å². The van der Waals surface area contributed by atoms with Gasteiger partial charge in [-0.1, -0.05) is 60.3 Å². The zero-order chi connectivity index (χ0) is 22.5. The Balaban J connectivity index is 1.50. The SMILES string of the molecule is O=C(O)C[C@H]1S/C(=N\N=C/c2ccccc2OC(=O)c2cccc3ccccc23)NC1=O. The number of carbonyl (C=O) groups excluding carboxylic acids is 2. The average Bonchev–Trinajstić information content (AvgIpc) is 3.12. The molecule has 0 aromatic heterocycles. The van der Waals surface area contributed by atoms with Gasteiger partial charge in [0.05, 0.1) is 18.2 Å². The van der Waals surface area contributed by atoms with E-state index in [1.54, 1.807) is 36.4 Å². The van der Waals surface area contributed by atoms with Crippen LogP contribution in [0.1, 0.15) is 22.3 Å². The maximum absolute atomic E-state index is 12.8. The molecular weight excluding hydrogens is 430 g/mol. The second-order valence-corrected chi connectivity index (χ2v) is 7.99. The zero-order valence-electron chi connectivity index (χ0n) is 16.6. The standard InChI is InChI=1S/C23H17N3O5S/c27-20(28)12-19-21(29)25-23(32-19)26-24-13-15-7-2-4-11-18(15)31-22(30)17-10-5-8-14-6-1-3-9-16(14)17/h1-11,13,19H,12H2,(H,27,28)(H,25,26,29)/b24-13-/t19-/m1/s1. The van der Waals surface area contributed by atoms with Crippen LogP contribution in [0.5, 0.6) is 5.75 Å². The van der Waals surface area contributed by atoms with Crippen molar-refractivity contribution >= 4 is 51.8 Å². The van der Waals surface area contributed by atoms with Crippen LogP contribution in [0.2, 0.25) is 0 Å². The fourth-order valence-electron chi connectivity index (χ4n) is 3.13. The zero-order valence-corrected chi connectivity index (χ0v) is 17.4. The van der Waals surface area contributed by atoms with Gasteiger partial charge >= 0.3 is 11.9 Å². The number of carboxylic acid groups (broad SMARTS) is 1. The van der Waals surface area contributed by atoms with Crippen molar-refractivity contribution in [1.82, 2.24) is 5.32 Å². The van der Waals surface area contributed by atoms with Crippen molar-refractivity contribution in [3.05, 3.63) is 77.9 Å². The van der Waals surface area contributed by atoms with E-state index in [-0.39, 0.29) is 11.6 Å². The number of benzene rings is 3. The first-order chi connectivity index (χ1) is 15.5. The van der Waals surface area contributed by atoms with Gasteiger partial charge in [-0.2, -0.15) is 5.10 Å². The number of amides is 1. The van der Waals surface area contributed by atoms with Crippen LogP contribution in [0.25, 0.3) is 10.8 Å². The van der Waals surface area contributed by atoms with Gasteiger partial charge < -0.3 is 15.2 Å². The highest BCUT2D eigenvalue weighted by Crippen LogP contribution is 2.24. The van der Waals surface area contributed by atoms with Gasteiger partial charge in [-0.3, -0.25) is 9.59 Å². The lowest BCUT2D eigenvalue weighted by molar-refractivity contribution is -0.138. The Bertz CT molecular complexity index is 1270. The maximum atomic E-state index is 12.8. The van der Waals surface area contributed by atoms with Crippen molar-refractivity contribution in [2.24, 2.45) is 10.2 Å². The third-order valence-electron chi connectivity index (χ3n) is 4.61. The molecule has 0 saturated carbocycles. The Kier molecular flexibility index (Phi) is 6.27. The molecule has 8 nitrogen and oxygen atoms in total. The lowest BCUT2D eigenvalue weighted by Crippen LogP contribution is -2.26. The molecule has 1 aliphatic heterocycles. The first-order valence-electron chi connectivity index (χ1n) is 9.60. The predicted molar refractivity (Wildman–Crippen MR) is 122 cm³/mol. The summed E-state index contributed by atoms with van der Waals surface area (Å²) in [4.78, 5) is 35.4. The Hall–Kier alpha value is -3.98. The molecule has 0 radical (unpaired) electrons. The molecule has 1 fully saturated rings. The minimum absolute atomic E-state index is 0.211. The molecule has 3 aromatic rings. The van der Waals surface area contributed by atoms with Gasteiger partial charge in [0, 0.05) is 5.56 Å². The highest BCUT2D eigenvalue weighted by atomic mass is 32.2. The second kappa shape index (κ2) is 9.44. The molecule has 0 spiro atoms. The van der Waals surface area contributed by atoms with Crippen molar-refractivity contribution in [2.75, 3.05) is 0 Å². The van der Waals surface area contributed by atoms with E-state index in [9.17, 15) is 14.4 Å². The van der Waals surface area contributed by atoms with Crippen molar-refractivity contribution in [1.29, 1.82) is 0 Å². The van der Waals surface area contributed by atoms with Crippen LogP contribution in [0.4, 0.5) is 0 Å². The quantitative estimate of drug-likeness (QED) is 0.259. The summed E-state index contributed by atoms with van der Waals surface area (Å²) < 4.78 is 5.62. The van der Waals surface area contributed by atoms with Gasteiger partial charge in [-0.25, -0.2) is 4.79 Å². The van der Waals surface area contributed by atoms with Crippen LogP contribution < -0.4 is 10.1 Å². The monoisotopic (exact) mass is 447 g/mol. The second-order valence-electron chi connectivity index (χ2n) is 6.80. The summed E-state index contributed by atoms with van der Waals surface area (Å²) in [6, 6.07) is 19.8. The first-order valence-corrected chi connectivity index (χ1v) is 10.5. The summed E-state index contributed by atoms with van der Waals surface area (Å²) in [7, 11) is 0. The Morgan fingerprint density at radius 2 is 1.81 bits per heavy atom. The first kappa shape index (κ1) is 21.3. The van der Waals surface area contributed by atoms with Gasteiger partial charge in [-0.15, -0.1) is 5.10 Å². The third kappa shape index (κ3) is 4.84. The predicted octanol–water partition coefficient (Wildman–Crippen LogP) is 3.46. The van der Waals surface area contributed by atoms with Crippen LogP contribution in [-0.4, -0.2) is 39.6 Å². The Morgan fingerprint density at radius 3 is 2.66 bits per heavy atom. The topological polar surface area (TPSA) is 117 Å². The number of carbonyl (C=O) groups is 3. The third-order valence-corrected chi connectivity index (χ3v) is 5.69. The summed E-state index contributed by atoms with van der Waals surface area (Å²) in [6.45, 7) is 0. The van der Waals surface area contributed by atoms with E-state index >= 15 is 0 Å². The summed E-state index contributed by atoms with van der Waals surface area (Å²) in [5, 5.41) is 20.4. The molecule has 0 unspecified atom stereocenters. The number of nitrogens with zero attached hydrogens (tertiary/aromatic N) is 2. The molecule has 3 aromatic carbocycles. The smallest absolute Gasteiger partial charge is 0.344 e. The lowest BCUT2D eigenvalue weighted by Gasteiger charge is -2.09. The number of thioether (sulfide) groups is 1. The molecule has 1 atom stereocenters. The summed E-state index contributed by atoms with van der Waals surface area (Å²) >= 11 is 1.00. The minimum Gasteiger partial charge on any atom is -0.481 e. The molecule has 2 N–H and O–H groups in total. The molecule has 0 bridgehead atoms. The van der Waals surface area contributed by atoms with Crippen molar-refractivity contribution in [2.45, 2.75) is 11.7 Å². The molecule has 32 heavy (non-hydrogen) atoms. The number of amidine groups is 1. The fourth-order valence-corrected chi connectivity index (χ4v) is 4.04. The highest BCUT2D eigenvalue weighted by molar-refractivity contribution is 8.15. The summed E-state index contributed by atoms with van der Waals surface area (Å²) in [6.07, 6.45) is 1.10. The van der Waals surface area contributed by atoms with Crippen LogP contribution in [0, 0.1) is 0 Å². The van der Waals surface area contributed by atoms with Gasteiger partial charge in [0.2, 0.25) is 5.91 Å². The Morgan fingerprint density at radius 1 is 1.06 bits per heavy atom. The van der Waals surface area contributed by atoms with Crippen molar-refractivity contribution in [3.63, 3.8) is 0 Å². The van der Waals surface area contributed by atoms with Crippen LogP contribution >= 0.6 is 11.8 Å². The van der Waals surface area contributed by atoms with E-state index in [1.165, 1.54) is 6.21 Å². The molecular formula is C23H17N3O5S. The number of nitrogens with one attached hydrogen (secondary N) is 1. The summed E-state index contributed by atoms with van der Waals surface area (Å²) in [5.74, 6) is -1.68. The lowest BCUT2D eigenvalue weighted by atomic mass is 10.0. The highest BCUT2D eigenvalue weighted by Gasteiger charge is 2.32. The van der Waals surface area contributed by atoms with E-state index in [2.05, 4.69) is 15.5 Å². The largest absolute Gasteiger partial charge is 0.481 e. The number of esters is 1. The van der Waals surface area contributed by atoms with E-state index in [0.29, 0.717) is 16.9 Å². The van der Waals surface area contributed by atoms with E-state index in [0.717, 1.165) is 22.5 Å². The number of aliphatic carboxylic acids is 1. The van der Waals surface area contributed by atoms with Crippen LogP contribution in [0.3, 0.4) is 0 Å². The molecule has 1 amide bonds. The van der Waals surface area contributed by atoms with Crippen LogP contribution in [0.15, 0.2) is 76.9 Å². The Labute approximate surface area is 187 Å². The number of ether oxygens (including phenoxy) is 1. The minimum atomic E-state index is -1.07. The van der Waals surface area contributed by atoms with Gasteiger partial charge in [0.25, 0.3) is 0 Å². The molecule has 9 heteroatoms. The molecule has 1 aliphatic rings. The van der Waals surface area contributed by atoms with Gasteiger partial charge in [-0.05, 0) is 29.0 Å². The number of fused-ring (bicyclic) bond motifs is 1. The van der Waals surface area contributed by atoms with Crippen LogP contribution in [-0.2, 0) is 9.59 Å². The number of rotatable bonds is 6. The summed E-state index contributed by atoms with van der Waals surface area (Å²) in [5.41, 5.74) is 0.964. The number of para-hydroxylation sites is 1. The normalized spacial score (nSPS) is 17.1. The van der Waals surface area contributed by atoms with E-state index in [4.69, 9.17) is 9.84 Å². The molecule has 4 rings (SSSR count). The van der Waals surface area contributed by atoms with Crippen molar-refractivity contribution in [3.8, 4) is 5.75 Å². The number of carboxylic acids is 1. The number of hydrogen-bond donors (Lipinski definition) is 2. The van der Waals surface area contributed by atoms with Gasteiger partial charge in [0.15, 0.2) is 5.17 Å².